The van der Waals surface area contributed by atoms with Crippen LogP contribution in [0.15, 0.2) is 41.4 Å². The minimum atomic E-state index is -0.0192. The van der Waals surface area contributed by atoms with Crippen molar-refractivity contribution in [3.05, 3.63) is 53.2 Å². The van der Waals surface area contributed by atoms with Crippen molar-refractivity contribution in [3.8, 4) is 0 Å². The van der Waals surface area contributed by atoms with Gasteiger partial charge >= 0.3 is 0 Å². The average Bonchev–Trinajstić information content (AvgIpc) is 2.42. The molecule has 2 rings (SSSR count). The minimum absolute atomic E-state index is 0.0192. The topological polar surface area (TPSA) is 77.0 Å². The Labute approximate surface area is 123 Å². The third-order valence-corrected chi connectivity index (χ3v) is 4.28. The first kappa shape index (κ1) is 14.8. The summed E-state index contributed by atoms with van der Waals surface area (Å²) < 4.78 is 0. The van der Waals surface area contributed by atoms with Crippen LogP contribution in [0, 0.1) is 13.8 Å². The van der Waals surface area contributed by atoms with Crippen LogP contribution in [-0.4, -0.2) is 10.7 Å². The normalized spacial score (nSPS) is 12.3. The Morgan fingerprint density at radius 2 is 2.10 bits per heavy atom. The lowest BCUT2D eigenvalue weighted by Crippen LogP contribution is -2.31. The number of anilines is 1. The van der Waals surface area contributed by atoms with Gasteiger partial charge in [0.1, 0.15) is 5.82 Å². The zero-order valence-electron chi connectivity index (χ0n) is 11.8. The Hall–Kier alpha value is -1.56. The van der Waals surface area contributed by atoms with E-state index in [2.05, 4.69) is 41.6 Å². The van der Waals surface area contributed by atoms with E-state index in [0.29, 0.717) is 5.82 Å². The number of nitrogens with one attached hydrogen (secondary N) is 1. The maximum atomic E-state index is 5.98. The highest BCUT2D eigenvalue weighted by Crippen LogP contribution is 2.28. The number of nitrogen functional groups attached to an aromatic ring is 1. The lowest BCUT2D eigenvalue weighted by Gasteiger charge is -2.19. The molecule has 0 spiro atoms. The number of aryl methyl sites for hydroxylation is 2. The number of hydrazine groups is 1. The molecular weight excluding hydrogens is 268 g/mol. The molecular formula is C15H20N4S. The number of pyridine rings is 1. The molecule has 4 nitrogen and oxygen atoms in total. The SMILES string of the molecule is Cc1cccc(SCC(NN)c2c(C)ccnc2N)c1. The summed E-state index contributed by atoms with van der Waals surface area (Å²) in [5.74, 6) is 7.03. The van der Waals surface area contributed by atoms with E-state index in [9.17, 15) is 0 Å². The van der Waals surface area contributed by atoms with Gasteiger partial charge in [-0.2, -0.15) is 0 Å². The second-order valence-corrected chi connectivity index (χ2v) is 5.87. The van der Waals surface area contributed by atoms with Crippen LogP contribution in [0.3, 0.4) is 0 Å². The van der Waals surface area contributed by atoms with E-state index >= 15 is 0 Å². The van der Waals surface area contributed by atoms with Gasteiger partial charge in [-0.1, -0.05) is 17.7 Å². The third kappa shape index (κ3) is 3.50. The molecule has 1 aromatic carbocycles. The number of nitrogens with two attached hydrogens (primary N) is 2. The summed E-state index contributed by atoms with van der Waals surface area (Å²) in [6, 6.07) is 10.3. The van der Waals surface area contributed by atoms with E-state index in [4.69, 9.17) is 11.6 Å². The summed E-state index contributed by atoms with van der Waals surface area (Å²) in [7, 11) is 0. The maximum Gasteiger partial charge on any atom is 0.128 e. The molecule has 0 aliphatic carbocycles. The Kier molecular flexibility index (Phi) is 5.00. The van der Waals surface area contributed by atoms with Crippen molar-refractivity contribution in [2.75, 3.05) is 11.5 Å². The van der Waals surface area contributed by atoms with Crippen LogP contribution in [-0.2, 0) is 0 Å². The molecule has 20 heavy (non-hydrogen) atoms. The largest absolute Gasteiger partial charge is 0.383 e. The molecule has 5 heteroatoms. The van der Waals surface area contributed by atoms with Gasteiger partial charge in [-0.25, -0.2) is 4.98 Å². The van der Waals surface area contributed by atoms with Gasteiger partial charge in [0.05, 0.1) is 6.04 Å². The Bertz CT molecular complexity index is 566. The second kappa shape index (κ2) is 6.74. The summed E-state index contributed by atoms with van der Waals surface area (Å²) in [5, 5.41) is 0. The first-order valence-corrected chi connectivity index (χ1v) is 7.47. The standard InChI is InChI=1S/C15H20N4S/c1-10-4-3-5-12(8-10)20-9-13(19-17)14-11(2)6-7-18-15(14)16/h3-8,13,19H,9,17H2,1-2H3,(H2,16,18). The predicted molar refractivity (Wildman–Crippen MR) is 85.4 cm³/mol. The molecule has 0 aliphatic heterocycles. The molecule has 0 amide bonds. The summed E-state index contributed by atoms with van der Waals surface area (Å²) >= 11 is 1.75. The smallest absolute Gasteiger partial charge is 0.128 e. The van der Waals surface area contributed by atoms with Crippen molar-refractivity contribution in [2.45, 2.75) is 24.8 Å². The number of hydrogen-bond donors (Lipinski definition) is 3. The van der Waals surface area contributed by atoms with Crippen LogP contribution >= 0.6 is 11.8 Å². The summed E-state index contributed by atoms with van der Waals surface area (Å²) in [5.41, 5.74) is 12.2. The van der Waals surface area contributed by atoms with E-state index in [-0.39, 0.29) is 6.04 Å². The quantitative estimate of drug-likeness (QED) is 0.448. The third-order valence-electron chi connectivity index (χ3n) is 3.19. The highest BCUT2D eigenvalue weighted by Gasteiger charge is 2.16. The summed E-state index contributed by atoms with van der Waals surface area (Å²) in [6.45, 7) is 4.11. The Morgan fingerprint density at radius 3 is 2.75 bits per heavy atom. The molecule has 1 aromatic heterocycles. The molecule has 2 aromatic rings. The zero-order valence-corrected chi connectivity index (χ0v) is 12.6. The summed E-state index contributed by atoms with van der Waals surface area (Å²) in [4.78, 5) is 5.38. The van der Waals surface area contributed by atoms with Gasteiger partial charge in [0.2, 0.25) is 0 Å². The summed E-state index contributed by atoms with van der Waals surface area (Å²) in [6.07, 6.45) is 1.72. The number of benzene rings is 1. The molecule has 1 heterocycles. The van der Waals surface area contributed by atoms with Gasteiger partial charge in [-0.3, -0.25) is 11.3 Å². The highest BCUT2D eigenvalue weighted by molar-refractivity contribution is 7.99. The molecule has 106 valence electrons. The average molecular weight is 288 g/mol. The van der Waals surface area contributed by atoms with Crippen molar-refractivity contribution in [2.24, 2.45) is 5.84 Å². The van der Waals surface area contributed by atoms with Crippen LogP contribution in [0.2, 0.25) is 0 Å². The number of rotatable bonds is 5. The fraction of sp³-hybridized carbons (Fsp3) is 0.267. The van der Waals surface area contributed by atoms with Gasteiger partial charge in [0, 0.05) is 22.4 Å². The van der Waals surface area contributed by atoms with Crippen molar-refractivity contribution in [1.29, 1.82) is 0 Å². The van der Waals surface area contributed by atoms with Crippen LogP contribution in [0.1, 0.15) is 22.7 Å². The number of thioether (sulfide) groups is 1. The molecule has 0 saturated carbocycles. The van der Waals surface area contributed by atoms with Gasteiger partial charge in [0.15, 0.2) is 0 Å². The van der Waals surface area contributed by atoms with E-state index in [1.807, 2.05) is 13.0 Å². The highest BCUT2D eigenvalue weighted by atomic mass is 32.2. The molecule has 5 N–H and O–H groups in total. The van der Waals surface area contributed by atoms with Crippen LogP contribution in [0.5, 0.6) is 0 Å². The van der Waals surface area contributed by atoms with Crippen molar-refractivity contribution < 1.29 is 0 Å². The molecule has 0 radical (unpaired) electrons. The number of nitrogens with zero attached hydrogens (tertiary/aromatic N) is 1. The minimum Gasteiger partial charge on any atom is -0.383 e. The van der Waals surface area contributed by atoms with E-state index in [0.717, 1.165) is 16.9 Å². The Balaban J connectivity index is 2.13. The van der Waals surface area contributed by atoms with E-state index in [1.165, 1.54) is 10.5 Å². The van der Waals surface area contributed by atoms with Crippen molar-refractivity contribution in [3.63, 3.8) is 0 Å². The lowest BCUT2D eigenvalue weighted by molar-refractivity contribution is 0.607. The lowest BCUT2D eigenvalue weighted by atomic mass is 10.0. The molecule has 0 bridgehead atoms. The first-order chi connectivity index (χ1) is 9.61. The second-order valence-electron chi connectivity index (χ2n) is 4.77. The molecule has 0 saturated heterocycles. The number of hydrogen-bond acceptors (Lipinski definition) is 5. The van der Waals surface area contributed by atoms with Crippen LogP contribution in [0.4, 0.5) is 5.82 Å². The zero-order chi connectivity index (χ0) is 14.5. The predicted octanol–water partition coefficient (Wildman–Crippen LogP) is 2.58. The van der Waals surface area contributed by atoms with E-state index < -0.39 is 0 Å². The van der Waals surface area contributed by atoms with Crippen LogP contribution < -0.4 is 17.0 Å². The molecule has 0 aliphatic rings. The maximum absolute atomic E-state index is 5.98. The van der Waals surface area contributed by atoms with Crippen molar-refractivity contribution >= 4 is 17.6 Å². The van der Waals surface area contributed by atoms with Gasteiger partial charge in [0.25, 0.3) is 0 Å². The Morgan fingerprint density at radius 1 is 1.30 bits per heavy atom. The van der Waals surface area contributed by atoms with Gasteiger partial charge in [-0.05, 0) is 37.6 Å². The fourth-order valence-corrected chi connectivity index (χ4v) is 3.21. The van der Waals surface area contributed by atoms with Crippen molar-refractivity contribution in [1.82, 2.24) is 10.4 Å². The van der Waals surface area contributed by atoms with Gasteiger partial charge in [-0.15, -0.1) is 11.8 Å². The fourth-order valence-electron chi connectivity index (χ4n) is 2.14. The van der Waals surface area contributed by atoms with Gasteiger partial charge < -0.3 is 5.73 Å². The van der Waals surface area contributed by atoms with Crippen LogP contribution in [0.25, 0.3) is 0 Å². The monoisotopic (exact) mass is 288 g/mol. The molecule has 1 unspecified atom stereocenters. The molecule has 1 atom stereocenters. The van der Waals surface area contributed by atoms with E-state index in [1.54, 1.807) is 18.0 Å². The molecule has 0 fully saturated rings. The first-order valence-electron chi connectivity index (χ1n) is 6.48. The number of aromatic nitrogens is 1.